The molecule has 1 amide bonds. The fourth-order valence-electron chi connectivity index (χ4n) is 3.06. The van der Waals surface area contributed by atoms with Gasteiger partial charge in [0.15, 0.2) is 0 Å². The molecule has 0 bridgehead atoms. The lowest BCUT2D eigenvalue weighted by molar-refractivity contribution is -0.121. The van der Waals surface area contributed by atoms with Crippen molar-refractivity contribution in [2.24, 2.45) is 7.05 Å². The first-order chi connectivity index (χ1) is 11.6. The van der Waals surface area contributed by atoms with Crippen LogP contribution in [0.5, 0.6) is 0 Å². The number of para-hydroxylation sites is 1. The summed E-state index contributed by atoms with van der Waals surface area (Å²) in [5.74, 6) is -0.0360. The molecule has 0 fully saturated rings. The van der Waals surface area contributed by atoms with Gasteiger partial charge in [-0.1, -0.05) is 18.2 Å². The first-order valence-corrected chi connectivity index (χ1v) is 7.92. The van der Waals surface area contributed by atoms with E-state index in [1.54, 1.807) is 18.0 Å². The second kappa shape index (κ2) is 6.88. The number of aromatic amines is 1. The van der Waals surface area contributed by atoms with Gasteiger partial charge >= 0.3 is 0 Å². The normalized spacial score (nSPS) is 12.5. The van der Waals surface area contributed by atoms with E-state index >= 15 is 0 Å². The number of rotatable bonds is 6. The van der Waals surface area contributed by atoms with Crippen LogP contribution in [0.25, 0.3) is 10.9 Å². The Morgan fingerprint density at radius 2 is 2.17 bits per heavy atom. The van der Waals surface area contributed by atoms with Crippen molar-refractivity contribution >= 4 is 16.8 Å². The number of aryl methyl sites for hydroxylation is 2. The number of amides is 1. The highest BCUT2D eigenvalue weighted by Crippen LogP contribution is 2.22. The highest BCUT2D eigenvalue weighted by Gasteiger charge is 2.19. The maximum Gasteiger partial charge on any atom is 0.225 e. The predicted octanol–water partition coefficient (Wildman–Crippen LogP) is 2.26. The molecule has 1 unspecified atom stereocenters. The molecule has 1 atom stereocenters. The van der Waals surface area contributed by atoms with Gasteiger partial charge in [-0.25, -0.2) is 0 Å². The van der Waals surface area contributed by atoms with Gasteiger partial charge in [-0.05, 0) is 24.6 Å². The molecular weight excluding hydrogens is 304 g/mol. The summed E-state index contributed by atoms with van der Waals surface area (Å²) in [7, 11) is 3.48. The number of hydrogen-bond donors (Lipinski definition) is 2. The Bertz CT molecular complexity index is 850. The maximum atomic E-state index is 12.6. The number of nitrogens with one attached hydrogen (secondary N) is 2. The summed E-state index contributed by atoms with van der Waals surface area (Å²) >= 11 is 0. The average molecular weight is 326 g/mol. The van der Waals surface area contributed by atoms with E-state index in [0.29, 0.717) is 13.0 Å². The molecule has 2 heterocycles. The zero-order valence-corrected chi connectivity index (χ0v) is 14.2. The zero-order chi connectivity index (χ0) is 17.1. The van der Waals surface area contributed by atoms with E-state index in [0.717, 1.165) is 27.9 Å². The van der Waals surface area contributed by atoms with E-state index in [-0.39, 0.29) is 11.9 Å². The number of fused-ring (bicyclic) bond motifs is 1. The summed E-state index contributed by atoms with van der Waals surface area (Å²) in [5.41, 5.74) is 4.03. The molecule has 3 rings (SSSR count). The molecule has 24 heavy (non-hydrogen) atoms. The number of carbonyl (C=O) groups is 1. The number of H-pyrrole nitrogens is 1. The van der Waals surface area contributed by atoms with Crippen molar-refractivity contribution in [3.05, 3.63) is 53.5 Å². The first-order valence-electron chi connectivity index (χ1n) is 7.92. The second-order valence-electron chi connectivity index (χ2n) is 5.91. The van der Waals surface area contributed by atoms with Gasteiger partial charge in [-0.15, -0.1) is 0 Å². The van der Waals surface area contributed by atoms with Gasteiger partial charge in [0, 0.05) is 37.0 Å². The van der Waals surface area contributed by atoms with Crippen LogP contribution in [0, 0.1) is 6.92 Å². The van der Waals surface area contributed by atoms with Crippen molar-refractivity contribution in [1.29, 1.82) is 0 Å². The van der Waals surface area contributed by atoms with E-state index in [2.05, 4.69) is 15.4 Å². The van der Waals surface area contributed by atoms with Crippen LogP contribution >= 0.6 is 0 Å². The van der Waals surface area contributed by atoms with Crippen LogP contribution in [0.1, 0.15) is 23.0 Å². The number of aromatic nitrogens is 3. The molecule has 0 saturated carbocycles. The minimum absolute atomic E-state index is 0.0360. The van der Waals surface area contributed by atoms with Crippen LogP contribution in [-0.4, -0.2) is 34.4 Å². The molecule has 3 aromatic rings. The van der Waals surface area contributed by atoms with E-state index in [9.17, 15) is 4.79 Å². The fourth-order valence-corrected chi connectivity index (χ4v) is 3.06. The summed E-state index contributed by atoms with van der Waals surface area (Å²) < 4.78 is 7.00. The largest absolute Gasteiger partial charge is 0.382 e. The van der Waals surface area contributed by atoms with Crippen LogP contribution in [0.4, 0.5) is 0 Å². The summed E-state index contributed by atoms with van der Waals surface area (Å²) in [4.78, 5) is 15.9. The molecule has 0 spiro atoms. The molecule has 0 aliphatic carbocycles. The van der Waals surface area contributed by atoms with E-state index in [1.807, 2.05) is 44.3 Å². The Morgan fingerprint density at radius 3 is 2.88 bits per heavy atom. The smallest absolute Gasteiger partial charge is 0.225 e. The van der Waals surface area contributed by atoms with Crippen molar-refractivity contribution in [2.45, 2.75) is 19.4 Å². The van der Waals surface area contributed by atoms with E-state index in [1.165, 1.54) is 0 Å². The number of nitrogens with zero attached hydrogens (tertiary/aromatic N) is 2. The van der Waals surface area contributed by atoms with Crippen LogP contribution < -0.4 is 5.32 Å². The molecule has 126 valence electrons. The molecular formula is C18H22N4O2. The molecule has 6 nitrogen and oxygen atoms in total. The third-order valence-electron chi connectivity index (χ3n) is 4.25. The standard InChI is InChI=1S/C18H22N4O2/c1-12-14(13-6-4-5-7-15(13)20-12)10-18(23)21-16(11-24-3)17-8-9-19-22(17)2/h4-9,16,20H,10-11H2,1-3H3,(H,21,23). The van der Waals surface area contributed by atoms with Crippen molar-refractivity contribution in [3.8, 4) is 0 Å². The SMILES string of the molecule is COCC(NC(=O)Cc1c(C)[nH]c2ccccc12)c1ccnn1C. The van der Waals surface area contributed by atoms with E-state index < -0.39 is 0 Å². The van der Waals surface area contributed by atoms with Gasteiger partial charge in [0.2, 0.25) is 5.91 Å². The van der Waals surface area contributed by atoms with Crippen molar-refractivity contribution in [3.63, 3.8) is 0 Å². The Morgan fingerprint density at radius 1 is 1.38 bits per heavy atom. The molecule has 1 aromatic carbocycles. The highest BCUT2D eigenvalue weighted by atomic mass is 16.5. The van der Waals surface area contributed by atoms with Crippen LogP contribution in [0.2, 0.25) is 0 Å². The monoisotopic (exact) mass is 326 g/mol. The van der Waals surface area contributed by atoms with Crippen molar-refractivity contribution < 1.29 is 9.53 Å². The van der Waals surface area contributed by atoms with Gasteiger partial charge in [-0.2, -0.15) is 5.10 Å². The minimum atomic E-state index is -0.222. The molecule has 0 aliphatic rings. The van der Waals surface area contributed by atoms with Crippen molar-refractivity contribution in [1.82, 2.24) is 20.1 Å². The Kier molecular flexibility index (Phi) is 4.66. The quantitative estimate of drug-likeness (QED) is 0.730. The molecule has 0 aliphatic heterocycles. The number of benzene rings is 1. The number of hydrogen-bond acceptors (Lipinski definition) is 3. The molecule has 2 N–H and O–H groups in total. The lowest BCUT2D eigenvalue weighted by atomic mass is 10.1. The highest BCUT2D eigenvalue weighted by molar-refractivity contribution is 5.90. The van der Waals surface area contributed by atoms with Gasteiger partial charge < -0.3 is 15.0 Å². The summed E-state index contributed by atoms with van der Waals surface area (Å²) in [6.45, 7) is 2.40. The fraction of sp³-hybridized carbons (Fsp3) is 0.333. The maximum absolute atomic E-state index is 12.6. The Hall–Kier alpha value is -2.60. The van der Waals surface area contributed by atoms with Gasteiger partial charge in [0.25, 0.3) is 0 Å². The molecule has 2 aromatic heterocycles. The number of methoxy groups -OCH3 is 1. The van der Waals surface area contributed by atoms with Crippen molar-refractivity contribution in [2.75, 3.05) is 13.7 Å². The Labute approximate surface area is 140 Å². The Balaban J connectivity index is 1.78. The second-order valence-corrected chi connectivity index (χ2v) is 5.91. The first kappa shape index (κ1) is 16.3. The lowest BCUT2D eigenvalue weighted by Crippen LogP contribution is -2.33. The molecule has 0 saturated heterocycles. The van der Waals surface area contributed by atoms with Gasteiger partial charge in [-0.3, -0.25) is 9.48 Å². The summed E-state index contributed by atoms with van der Waals surface area (Å²) in [6.07, 6.45) is 2.04. The third kappa shape index (κ3) is 3.19. The van der Waals surface area contributed by atoms with Gasteiger partial charge in [0.05, 0.1) is 24.8 Å². The van der Waals surface area contributed by atoms with Crippen LogP contribution in [0.3, 0.4) is 0 Å². The topological polar surface area (TPSA) is 71.9 Å². The number of carbonyl (C=O) groups excluding carboxylic acids is 1. The lowest BCUT2D eigenvalue weighted by Gasteiger charge is -2.18. The zero-order valence-electron chi connectivity index (χ0n) is 14.2. The molecule has 0 radical (unpaired) electrons. The third-order valence-corrected chi connectivity index (χ3v) is 4.25. The molecule has 6 heteroatoms. The minimum Gasteiger partial charge on any atom is -0.382 e. The summed E-state index contributed by atoms with van der Waals surface area (Å²) in [5, 5.41) is 8.31. The van der Waals surface area contributed by atoms with Crippen LogP contribution in [-0.2, 0) is 23.0 Å². The predicted molar refractivity (Wildman–Crippen MR) is 92.7 cm³/mol. The number of ether oxygens (including phenoxy) is 1. The average Bonchev–Trinajstić information content (AvgIpc) is 3.11. The van der Waals surface area contributed by atoms with E-state index in [4.69, 9.17) is 4.74 Å². The summed E-state index contributed by atoms with van der Waals surface area (Å²) in [6, 6.07) is 9.70. The van der Waals surface area contributed by atoms with Crippen LogP contribution in [0.15, 0.2) is 36.5 Å². The van der Waals surface area contributed by atoms with Gasteiger partial charge in [0.1, 0.15) is 0 Å².